The van der Waals surface area contributed by atoms with Crippen molar-refractivity contribution in [2.75, 3.05) is 6.61 Å². The van der Waals surface area contributed by atoms with Crippen LogP contribution in [0.3, 0.4) is 0 Å². The fourth-order valence-electron chi connectivity index (χ4n) is 1.73. The fraction of sp³-hybridized carbons (Fsp3) is 0.583. The van der Waals surface area contributed by atoms with E-state index in [1.54, 1.807) is 6.20 Å². The van der Waals surface area contributed by atoms with E-state index in [0.717, 1.165) is 22.9 Å². The maximum Gasteiger partial charge on any atom is 0.0726 e. The van der Waals surface area contributed by atoms with Crippen molar-refractivity contribution in [1.82, 2.24) is 4.98 Å². The molecule has 0 aliphatic heterocycles. The number of aromatic nitrogens is 1. The molecule has 0 aliphatic carbocycles. The van der Waals surface area contributed by atoms with Crippen LogP contribution in [0.4, 0.5) is 0 Å². The highest BCUT2D eigenvalue weighted by molar-refractivity contribution is 9.10. The average Bonchev–Trinajstić information content (AvgIpc) is 2.25. The van der Waals surface area contributed by atoms with Crippen LogP contribution in [-0.4, -0.2) is 23.7 Å². The van der Waals surface area contributed by atoms with Gasteiger partial charge < -0.3 is 10.5 Å². The molecule has 0 bridgehead atoms. The van der Waals surface area contributed by atoms with Crippen molar-refractivity contribution >= 4 is 15.9 Å². The molecule has 2 atom stereocenters. The number of hydrogen-bond acceptors (Lipinski definition) is 3. The Kier molecular flexibility index (Phi) is 5.95. The van der Waals surface area contributed by atoms with E-state index in [1.165, 1.54) is 0 Å². The highest BCUT2D eigenvalue weighted by Crippen LogP contribution is 2.13. The normalized spacial score (nSPS) is 14.8. The Balaban J connectivity index is 2.58. The van der Waals surface area contributed by atoms with Gasteiger partial charge in [0.2, 0.25) is 0 Å². The second-order valence-corrected chi connectivity index (χ2v) is 4.70. The maximum absolute atomic E-state index is 6.13. The number of pyridine rings is 1. The molecule has 90 valence electrons. The van der Waals surface area contributed by atoms with E-state index in [0.29, 0.717) is 6.61 Å². The van der Waals surface area contributed by atoms with E-state index < -0.39 is 0 Å². The summed E-state index contributed by atoms with van der Waals surface area (Å²) < 4.78 is 6.59. The van der Waals surface area contributed by atoms with Crippen molar-refractivity contribution < 1.29 is 4.74 Å². The minimum atomic E-state index is 0.0287. The molecule has 0 amide bonds. The van der Waals surface area contributed by atoms with E-state index in [1.807, 2.05) is 19.2 Å². The topological polar surface area (TPSA) is 48.1 Å². The lowest BCUT2D eigenvalue weighted by molar-refractivity contribution is 0.0417. The molecule has 2 unspecified atom stereocenters. The fourth-order valence-corrected chi connectivity index (χ4v) is 2.14. The van der Waals surface area contributed by atoms with Gasteiger partial charge in [0.05, 0.1) is 6.10 Å². The monoisotopic (exact) mass is 286 g/mol. The summed E-state index contributed by atoms with van der Waals surface area (Å²) in [6.07, 6.45) is 5.49. The molecule has 0 aromatic carbocycles. The third-order valence-corrected chi connectivity index (χ3v) is 2.93. The van der Waals surface area contributed by atoms with Crippen LogP contribution in [0, 0.1) is 0 Å². The maximum atomic E-state index is 6.13. The lowest BCUT2D eigenvalue weighted by Gasteiger charge is -2.22. The highest BCUT2D eigenvalue weighted by atomic mass is 79.9. The summed E-state index contributed by atoms with van der Waals surface area (Å²) in [5.74, 6) is 0. The zero-order valence-electron chi connectivity index (χ0n) is 9.82. The summed E-state index contributed by atoms with van der Waals surface area (Å²) in [4.78, 5) is 4.13. The van der Waals surface area contributed by atoms with Gasteiger partial charge in [-0.1, -0.05) is 6.92 Å². The van der Waals surface area contributed by atoms with E-state index in [4.69, 9.17) is 10.5 Å². The molecule has 1 aromatic heterocycles. The molecule has 0 spiro atoms. The molecular formula is C12H19BrN2O. The van der Waals surface area contributed by atoms with Crippen molar-refractivity contribution in [3.8, 4) is 0 Å². The van der Waals surface area contributed by atoms with Gasteiger partial charge in [-0.05, 0) is 47.3 Å². The molecule has 0 radical (unpaired) electrons. The lowest BCUT2D eigenvalue weighted by atomic mass is 10.0. The zero-order valence-corrected chi connectivity index (χ0v) is 11.4. The molecule has 1 aromatic rings. The van der Waals surface area contributed by atoms with Crippen molar-refractivity contribution in [2.24, 2.45) is 5.73 Å². The largest absolute Gasteiger partial charge is 0.377 e. The molecular weight excluding hydrogens is 268 g/mol. The first-order chi connectivity index (χ1) is 7.67. The number of nitrogens with zero attached hydrogens (tertiary/aromatic N) is 1. The first kappa shape index (κ1) is 13.6. The number of halogens is 1. The number of ether oxygens (including phenoxy) is 1. The van der Waals surface area contributed by atoms with Crippen LogP contribution < -0.4 is 5.73 Å². The van der Waals surface area contributed by atoms with Gasteiger partial charge in [0.1, 0.15) is 0 Å². The van der Waals surface area contributed by atoms with Crippen LogP contribution in [0.5, 0.6) is 0 Å². The van der Waals surface area contributed by atoms with E-state index in [2.05, 4.69) is 27.8 Å². The summed E-state index contributed by atoms with van der Waals surface area (Å²) in [6, 6.07) is 2.08. The van der Waals surface area contributed by atoms with E-state index in [-0.39, 0.29) is 12.1 Å². The van der Waals surface area contributed by atoms with Gasteiger partial charge >= 0.3 is 0 Å². The van der Waals surface area contributed by atoms with Crippen molar-refractivity contribution in [2.45, 2.75) is 38.8 Å². The minimum Gasteiger partial charge on any atom is -0.377 e. The Hall–Kier alpha value is -0.450. The number of hydrogen-bond donors (Lipinski definition) is 1. The lowest BCUT2D eigenvalue weighted by Crippen LogP contribution is -2.38. The zero-order chi connectivity index (χ0) is 12.0. The van der Waals surface area contributed by atoms with Gasteiger partial charge in [0.15, 0.2) is 0 Å². The average molecular weight is 287 g/mol. The van der Waals surface area contributed by atoms with Gasteiger partial charge in [-0.2, -0.15) is 0 Å². The van der Waals surface area contributed by atoms with Gasteiger partial charge in [-0.25, -0.2) is 0 Å². The van der Waals surface area contributed by atoms with Crippen LogP contribution >= 0.6 is 15.9 Å². The Morgan fingerprint density at radius 1 is 1.44 bits per heavy atom. The van der Waals surface area contributed by atoms with Crippen molar-refractivity contribution in [3.63, 3.8) is 0 Å². The Bertz CT molecular complexity index is 320. The molecule has 16 heavy (non-hydrogen) atoms. The van der Waals surface area contributed by atoms with Crippen molar-refractivity contribution in [3.05, 3.63) is 28.5 Å². The molecule has 4 heteroatoms. The minimum absolute atomic E-state index is 0.0287. The number of nitrogens with two attached hydrogens (primary N) is 1. The molecule has 3 nitrogen and oxygen atoms in total. The van der Waals surface area contributed by atoms with Crippen LogP contribution in [-0.2, 0) is 11.2 Å². The molecule has 1 rings (SSSR count). The second kappa shape index (κ2) is 6.99. The predicted octanol–water partition coefficient (Wildman–Crippen LogP) is 2.53. The van der Waals surface area contributed by atoms with Gasteiger partial charge in [0, 0.05) is 29.5 Å². The molecule has 0 fully saturated rings. The van der Waals surface area contributed by atoms with Crippen molar-refractivity contribution in [1.29, 1.82) is 0 Å². The van der Waals surface area contributed by atoms with E-state index in [9.17, 15) is 0 Å². The van der Waals surface area contributed by atoms with Gasteiger partial charge in [-0.15, -0.1) is 0 Å². The summed E-state index contributed by atoms with van der Waals surface area (Å²) in [6.45, 7) is 4.80. The Morgan fingerprint density at radius 2 is 2.19 bits per heavy atom. The quantitative estimate of drug-likeness (QED) is 0.874. The molecule has 0 saturated carbocycles. The van der Waals surface area contributed by atoms with Gasteiger partial charge in [-0.3, -0.25) is 4.98 Å². The van der Waals surface area contributed by atoms with Crippen LogP contribution in [0.1, 0.15) is 25.8 Å². The first-order valence-electron chi connectivity index (χ1n) is 5.64. The third kappa shape index (κ3) is 4.20. The highest BCUT2D eigenvalue weighted by Gasteiger charge is 2.16. The summed E-state index contributed by atoms with van der Waals surface area (Å²) in [5, 5.41) is 0. The second-order valence-electron chi connectivity index (χ2n) is 3.78. The third-order valence-electron chi connectivity index (χ3n) is 2.49. The summed E-state index contributed by atoms with van der Waals surface area (Å²) in [5.41, 5.74) is 7.27. The molecule has 0 saturated heterocycles. The summed E-state index contributed by atoms with van der Waals surface area (Å²) in [7, 11) is 0. The molecule has 0 aliphatic rings. The SMILES string of the molecule is CCOC(CC)C(N)Cc1cncc(Br)c1. The first-order valence-corrected chi connectivity index (χ1v) is 6.43. The van der Waals surface area contributed by atoms with E-state index >= 15 is 0 Å². The number of rotatable bonds is 6. The Morgan fingerprint density at radius 3 is 2.75 bits per heavy atom. The predicted molar refractivity (Wildman–Crippen MR) is 69.3 cm³/mol. The summed E-state index contributed by atoms with van der Waals surface area (Å²) >= 11 is 3.40. The molecule has 1 heterocycles. The van der Waals surface area contributed by atoms with Crippen LogP contribution in [0.15, 0.2) is 22.9 Å². The smallest absolute Gasteiger partial charge is 0.0726 e. The standard InChI is InChI=1S/C12H19BrN2O/c1-3-12(16-4-2)11(14)6-9-5-10(13)8-15-7-9/h5,7-8,11-12H,3-4,6,14H2,1-2H3. The van der Waals surface area contributed by atoms with Crippen LogP contribution in [0.25, 0.3) is 0 Å². The van der Waals surface area contributed by atoms with Crippen LogP contribution in [0.2, 0.25) is 0 Å². The Labute approximate surface area is 106 Å². The van der Waals surface area contributed by atoms with Gasteiger partial charge in [0.25, 0.3) is 0 Å². The molecule has 2 N–H and O–H groups in total.